The van der Waals surface area contributed by atoms with E-state index in [1.807, 2.05) is 0 Å². The van der Waals surface area contributed by atoms with E-state index in [-0.39, 0.29) is 0 Å². The zero-order valence-corrected chi connectivity index (χ0v) is 5.93. The standard InChI is InChI=1S/C6H14BNO/c1-2-4-8-5-3-6(7)9/h6,8-9H,2-5H2,1H3. The molecule has 0 saturated heterocycles. The van der Waals surface area contributed by atoms with Gasteiger partial charge in [-0.1, -0.05) is 6.92 Å². The molecule has 0 fully saturated rings. The van der Waals surface area contributed by atoms with Gasteiger partial charge in [-0.15, -0.1) is 0 Å². The van der Waals surface area contributed by atoms with Gasteiger partial charge in [0.15, 0.2) is 0 Å². The average molecular weight is 127 g/mol. The van der Waals surface area contributed by atoms with Crippen LogP contribution in [-0.2, 0) is 0 Å². The molecule has 0 aliphatic heterocycles. The zero-order chi connectivity index (χ0) is 7.11. The Balaban J connectivity index is 2.75. The molecule has 1 unspecified atom stereocenters. The topological polar surface area (TPSA) is 32.3 Å². The van der Waals surface area contributed by atoms with Gasteiger partial charge in [-0.25, -0.2) is 0 Å². The van der Waals surface area contributed by atoms with Crippen LogP contribution in [0.1, 0.15) is 19.8 Å². The van der Waals surface area contributed by atoms with Crippen LogP contribution in [0.4, 0.5) is 0 Å². The molecular weight excluding hydrogens is 113 g/mol. The van der Waals surface area contributed by atoms with Gasteiger partial charge in [0.25, 0.3) is 0 Å². The van der Waals surface area contributed by atoms with Gasteiger partial charge in [0.2, 0.25) is 0 Å². The van der Waals surface area contributed by atoms with E-state index in [0.29, 0.717) is 6.42 Å². The zero-order valence-electron chi connectivity index (χ0n) is 5.93. The molecule has 0 aromatic carbocycles. The van der Waals surface area contributed by atoms with Crippen LogP contribution in [0.15, 0.2) is 0 Å². The van der Waals surface area contributed by atoms with Crippen LogP contribution in [0.3, 0.4) is 0 Å². The Morgan fingerprint density at radius 1 is 1.56 bits per heavy atom. The molecule has 2 nitrogen and oxygen atoms in total. The van der Waals surface area contributed by atoms with E-state index < -0.39 is 6.00 Å². The molecule has 2 N–H and O–H groups in total. The molecule has 0 rings (SSSR count). The highest BCUT2D eigenvalue weighted by Crippen LogP contribution is 1.81. The molecular formula is C6H14BNO. The van der Waals surface area contributed by atoms with Crippen molar-refractivity contribution in [3.8, 4) is 0 Å². The summed E-state index contributed by atoms with van der Waals surface area (Å²) < 4.78 is 0. The molecule has 3 heteroatoms. The molecule has 0 spiro atoms. The second-order valence-corrected chi connectivity index (χ2v) is 2.11. The summed E-state index contributed by atoms with van der Waals surface area (Å²) in [6.07, 6.45) is 1.76. The fraction of sp³-hybridized carbons (Fsp3) is 1.00. The van der Waals surface area contributed by atoms with Crippen molar-refractivity contribution in [1.82, 2.24) is 5.32 Å². The van der Waals surface area contributed by atoms with Crippen LogP contribution in [0.2, 0.25) is 0 Å². The van der Waals surface area contributed by atoms with Crippen molar-refractivity contribution in [2.45, 2.75) is 25.8 Å². The summed E-state index contributed by atoms with van der Waals surface area (Å²) in [7, 11) is 5.09. The minimum atomic E-state index is -0.658. The van der Waals surface area contributed by atoms with Crippen LogP contribution < -0.4 is 5.32 Å². The second kappa shape index (κ2) is 6.11. The van der Waals surface area contributed by atoms with Crippen LogP contribution in [-0.4, -0.2) is 32.0 Å². The molecule has 0 aromatic heterocycles. The molecule has 0 aliphatic carbocycles. The SMILES string of the molecule is [B]C(O)CCNCCC. The molecule has 2 radical (unpaired) electrons. The number of aliphatic hydroxyl groups is 1. The first-order valence-corrected chi connectivity index (χ1v) is 3.41. The highest BCUT2D eigenvalue weighted by molar-refractivity contribution is 6.10. The monoisotopic (exact) mass is 127 g/mol. The first kappa shape index (κ1) is 8.98. The molecule has 0 heterocycles. The lowest BCUT2D eigenvalue weighted by molar-refractivity contribution is 0.243. The van der Waals surface area contributed by atoms with Crippen molar-refractivity contribution in [2.75, 3.05) is 13.1 Å². The highest BCUT2D eigenvalue weighted by Gasteiger charge is 1.91. The number of rotatable bonds is 5. The normalized spacial score (nSPS) is 13.6. The molecule has 0 saturated carbocycles. The van der Waals surface area contributed by atoms with Crippen molar-refractivity contribution < 1.29 is 5.11 Å². The van der Waals surface area contributed by atoms with Crippen LogP contribution in [0, 0.1) is 0 Å². The van der Waals surface area contributed by atoms with E-state index in [1.165, 1.54) is 0 Å². The Hall–Kier alpha value is -0.0151. The molecule has 1 atom stereocenters. The smallest absolute Gasteiger partial charge is 0.108 e. The van der Waals surface area contributed by atoms with Gasteiger partial charge in [0.05, 0.1) is 0 Å². The number of hydrogen-bond acceptors (Lipinski definition) is 2. The Bertz CT molecular complexity index is 59.0. The van der Waals surface area contributed by atoms with Gasteiger partial charge in [-0.3, -0.25) is 0 Å². The lowest BCUT2D eigenvalue weighted by Gasteiger charge is -2.04. The predicted molar refractivity (Wildman–Crippen MR) is 39.5 cm³/mol. The summed E-state index contributed by atoms with van der Waals surface area (Å²) in [6, 6.07) is -0.658. The predicted octanol–water partition coefficient (Wildman–Crippen LogP) is -0.137. The summed E-state index contributed by atoms with van der Waals surface area (Å²) >= 11 is 0. The van der Waals surface area contributed by atoms with Crippen LogP contribution >= 0.6 is 0 Å². The third-order valence-corrected chi connectivity index (χ3v) is 1.04. The molecule has 0 aromatic rings. The molecule has 0 amide bonds. The second-order valence-electron chi connectivity index (χ2n) is 2.11. The third kappa shape index (κ3) is 7.98. The van der Waals surface area contributed by atoms with Crippen molar-refractivity contribution in [3.05, 3.63) is 0 Å². The Morgan fingerprint density at radius 2 is 2.22 bits per heavy atom. The average Bonchev–Trinajstić information content (AvgIpc) is 1.80. The van der Waals surface area contributed by atoms with Crippen LogP contribution in [0.25, 0.3) is 0 Å². The van der Waals surface area contributed by atoms with Crippen molar-refractivity contribution in [2.24, 2.45) is 0 Å². The fourth-order valence-electron chi connectivity index (χ4n) is 0.552. The molecule has 52 valence electrons. The fourth-order valence-corrected chi connectivity index (χ4v) is 0.552. The minimum absolute atomic E-state index is 0.639. The van der Waals surface area contributed by atoms with Crippen molar-refractivity contribution in [3.63, 3.8) is 0 Å². The number of aliphatic hydroxyl groups excluding tert-OH is 1. The third-order valence-electron chi connectivity index (χ3n) is 1.04. The largest absolute Gasteiger partial charge is 0.403 e. The molecule has 9 heavy (non-hydrogen) atoms. The Labute approximate surface area is 58.1 Å². The van der Waals surface area contributed by atoms with E-state index in [2.05, 4.69) is 12.2 Å². The number of nitrogens with one attached hydrogen (secondary N) is 1. The maximum atomic E-state index is 8.59. The lowest BCUT2D eigenvalue weighted by atomic mass is 9.97. The lowest BCUT2D eigenvalue weighted by Crippen LogP contribution is -2.20. The van der Waals surface area contributed by atoms with E-state index in [0.717, 1.165) is 19.5 Å². The summed E-state index contributed by atoms with van der Waals surface area (Å²) in [5, 5.41) is 11.7. The Morgan fingerprint density at radius 3 is 2.67 bits per heavy atom. The van der Waals surface area contributed by atoms with Gasteiger partial charge in [-0.05, 0) is 25.9 Å². The molecule has 0 bridgehead atoms. The summed E-state index contributed by atoms with van der Waals surface area (Å²) in [5.41, 5.74) is 0. The van der Waals surface area contributed by atoms with E-state index in [1.54, 1.807) is 0 Å². The summed E-state index contributed by atoms with van der Waals surface area (Å²) in [6.45, 7) is 3.92. The van der Waals surface area contributed by atoms with Gasteiger partial charge in [-0.2, -0.15) is 0 Å². The Kier molecular flexibility index (Phi) is 6.10. The first-order valence-electron chi connectivity index (χ1n) is 3.41. The van der Waals surface area contributed by atoms with Gasteiger partial charge in [0, 0.05) is 6.00 Å². The van der Waals surface area contributed by atoms with Crippen molar-refractivity contribution in [1.29, 1.82) is 0 Å². The quantitative estimate of drug-likeness (QED) is 0.398. The van der Waals surface area contributed by atoms with E-state index >= 15 is 0 Å². The van der Waals surface area contributed by atoms with Gasteiger partial charge < -0.3 is 10.4 Å². The number of hydrogen-bond donors (Lipinski definition) is 2. The van der Waals surface area contributed by atoms with E-state index in [4.69, 9.17) is 13.0 Å². The summed E-state index contributed by atoms with van der Waals surface area (Å²) in [5.74, 6) is 0. The first-order chi connectivity index (χ1) is 4.27. The maximum absolute atomic E-state index is 8.59. The van der Waals surface area contributed by atoms with E-state index in [9.17, 15) is 0 Å². The van der Waals surface area contributed by atoms with Crippen molar-refractivity contribution >= 4 is 7.85 Å². The minimum Gasteiger partial charge on any atom is -0.403 e. The summed E-state index contributed by atoms with van der Waals surface area (Å²) in [4.78, 5) is 0. The highest BCUT2D eigenvalue weighted by atomic mass is 16.3. The van der Waals surface area contributed by atoms with Crippen LogP contribution in [0.5, 0.6) is 0 Å². The maximum Gasteiger partial charge on any atom is 0.108 e. The van der Waals surface area contributed by atoms with Gasteiger partial charge >= 0.3 is 0 Å². The molecule has 0 aliphatic rings. The van der Waals surface area contributed by atoms with Gasteiger partial charge in [0.1, 0.15) is 7.85 Å².